The first-order valence-corrected chi connectivity index (χ1v) is 12.0. The first kappa shape index (κ1) is 19.8. The standard InChI is InChI=1S/C19H16Cl2N2O3S2/c20-13-5-7-14(8-6-13)23-16-10-28(25,26)11-17(16)27-19(23)22-18(24)9-12-3-1-2-4-15(12)21/h1-8,16-17H,9-11H2/t16-,17-/m1/s1. The summed E-state index contributed by atoms with van der Waals surface area (Å²) >= 11 is 13.5. The third-order valence-electron chi connectivity index (χ3n) is 4.69. The molecule has 2 aliphatic rings. The predicted octanol–water partition coefficient (Wildman–Crippen LogP) is 3.84. The van der Waals surface area contributed by atoms with Gasteiger partial charge in [-0.25, -0.2) is 8.42 Å². The van der Waals surface area contributed by atoms with Crippen LogP contribution in [0.5, 0.6) is 0 Å². The normalized spacial score (nSPS) is 24.5. The molecule has 2 heterocycles. The lowest BCUT2D eigenvalue weighted by molar-refractivity contribution is -0.117. The summed E-state index contributed by atoms with van der Waals surface area (Å²) in [7, 11) is -3.11. The lowest BCUT2D eigenvalue weighted by Gasteiger charge is -2.24. The molecule has 4 rings (SSSR count). The number of rotatable bonds is 3. The van der Waals surface area contributed by atoms with Crippen LogP contribution < -0.4 is 4.90 Å². The first-order valence-electron chi connectivity index (χ1n) is 8.59. The van der Waals surface area contributed by atoms with Gasteiger partial charge in [0, 0.05) is 21.0 Å². The SMILES string of the molecule is O=C(Cc1ccccc1Cl)N=C1S[C@@H]2CS(=O)(=O)C[C@H]2N1c1ccc(Cl)cc1. The maximum atomic E-state index is 12.6. The summed E-state index contributed by atoms with van der Waals surface area (Å²) in [5.74, 6) is -0.188. The Bertz CT molecular complexity index is 1060. The van der Waals surface area contributed by atoms with E-state index in [1.54, 1.807) is 30.3 Å². The molecule has 5 nitrogen and oxygen atoms in total. The molecule has 0 aliphatic carbocycles. The number of halogens is 2. The summed E-state index contributed by atoms with van der Waals surface area (Å²) in [5, 5.41) is 1.48. The van der Waals surface area contributed by atoms with Gasteiger partial charge in [-0.15, -0.1) is 0 Å². The second-order valence-electron chi connectivity index (χ2n) is 6.70. The van der Waals surface area contributed by atoms with Crippen LogP contribution in [0.2, 0.25) is 10.0 Å². The Morgan fingerprint density at radius 1 is 1.11 bits per heavy atom. The molecule has 1 amide bonds. The minimum atomic E-state index is -3.11. The van der Waals surface area contributed by atoms with E-state index in [1.807, 2.05) is 23.1 Å². The van der Waals surface area contributed by atoms with Gasteiger partial charge in [0.15, 0.2) is 15.0 Å². The molecule has 0 spiro atoms. The van der Waals surface area contributed by atoms with Gasteiger partial charge in [0.2, 0.25) is 0 Å². The smallest absolute Gasteiger partial charge is 0.252 e. The van der Waals surface area contributed by atoms with E-state index in [-0.39, 0.29) is 35.1 Å². The number of sulfone groups is 1. The molecule has 2 aliphatic heterocycles. The molecule has 9 heteroatoms. The number of nitrogens with zero attached hydrogens (tertiary/aromatic N) is 2. The molecule has 2 fully saturated rings. The Kier molecular flexibility index (Phi) is 5.44. The summed E-state index contributed by atoms with van der Waals surface area (Å²) < 4.78 is 24.2. The fraction of sp³-hybridized carbons (Fsp3) is 0.263. The topological polar surface area (TPSA) is 66.8 Å². The van der Waals surface area contributed by atoms with Crippen molar-refractivity contribution in [1.29, 1.82) is 0 Å². The molecule has 0 N–H and O–H groups in total. The molecule has 2 aromatic rings. The lowest BCUT2D eigenvalue weighted by atomic mass is 10.1. The molecule has 2 atom stereocenters. The molecule has 0 bridgehead atoms. The molecule has 0 radical (unpaired) electrons. The number of carbonyl (C=O) groups is 1. The number of hydrogen-bond donors (Lipinski definition) is 0. The van der Waals surface area contributed by atoms with E-state index in [1.165, 1.54) is 11.8 Å². The predicted molar refractivity (Wildman–Crippen MR) is 115 cm³/mol. The van der Waals surface area contributed by atoms with E-state index in [9.17, 15) is 13.2 Å². The number of hydrogen-bond acceptors (Lipinski definition) is 4. The van der Waals surface area contributed by atoms with Crippen molar-refractivity contribution >= 4 is 61.6 Å². The van der Waals surface area contributed by atoms with Crippen LogP contribution in [0.4, 0.5) is 5.69 Å². The van der Waals surface area contributed by atoms with Crippen LogP contribution in [0.25, 0.3) is 0 Å². The fourth-order valence-electron chi connectivity index (χ4n) is 3.42. The minimum absolute atomic E-state index is 0.0466. The van der Waals surface area contributed by atoms with Gasteiger partial charge < -0.3 is 4.90 Å². The van der Waals surface area contributed by atoms with Crippen molar-refractivity contribution in [2.45, 2.75) is 17.7 Å². The monoisotopic (exact) mass is 454 g/mol. The zero-order valence-corrected chi connectivity index (χ0v) is 17.7. The molecular formula is C19H16Cl2N2O3S2. The number of amides is 1. The molecule has 2 aromatic carbocycles. The highest BCUT2D eigenvalue weighted by Gasteiger charge is 2.49. The zero-order valence-electron chi connectivity index (χ0n) is 14.6. The Labute approximate surface area is 177 Å². The number of benzene rings is 2. The summed E-state index contributed by atoms with van der Waals surface area (Å²) in [6.45, 7) is 0. The maximum Gasteiger partial charge on any atom is 0.252 e. The Morgan fingerprint density at radius 3 is 2.54 bits per heavy atom. The van der Waals surface area contributed by atoms with Crippen LogP contribution in [-0.4, -0.2) is 42.3 Å². The molecule has 0 saturated carbocycles. The van der Waals surface area contributed by atoms with Crippen molar-refractivity contribution in [3.05, 3.63) is 64.1 Å². The van der Waals surface area contributed by atoms with Gasteiger partial charge in [-0.3, -0.25) is 4.79 Å². The van der Waals surface area contributed by atoms with Gasteiger partial charge in [0.05, 0.1) is 24.0 Å². The van der Waals surface area contributed by atoms with Gasteiger partial charge in [-0.05, 0) is 35.9 Å². The van der Waals surface area contributed by atoms with Crippen LogP contribution >= 0.6 is 35.0 Å². The zero-order chi connectivity index (χ0) is 19.9. The van der Waals surface area contributed by atoms with Crippen molar-refractivity contribution in [1.82, 2.24) is 0 Å². The summed E-state index contributed by atoms with van der Waals surface area (Å²) in [6.07, 6.45) is 0.0891. The van der Waals surface area contributed by atoms with Crippen LogP contribution in [-0.2, 0) is 21.1 Å². The number of amidine groups is 1. The summed E-state index contributed by atoms with van der Waals surface area (Å²) in [5.41, 5.74) is 1.48. The Morgan fingerprint density at radius 2 is 1.82 bits per heavy atom. The quantitative estimate of drug-likeness (QED) is 0.704. The Hall–Kier alpha value is -1.54. The van der Waals surface area contributed by atoms with E-state index >= 15 is 0 Å². The molecule has 0 aromatic heterocycles. The highest BCUT2D eigenvalue weighted by molar-refractivity contribution is 8.16. The van der Waals surface area contributed by atoms with Crippen molar-refractivity contribution in [2.24, 2.45) is 4.99 Å². The summed E-state index contributed by atoms with van der Waals surface area (Å²) in [4.78, 5) is 18.7. The van der Waals surface area contributed by atoms with Crippen molar-refractivity contribution in [2.75, 3.05) is 16.4 Å². The third kappa shape index (κ3) is 4.08. The van der Waals surface area contributed by atoms with Gasteiger partial charge in [0.25, 0.3) is 5.91 Å². The largest absolute Gasteiger partial charge is 0.316 e. The van der Waals surface area contributed by atoms with Crippen LogP contribution in [0.15, 0.2) is 53.5 Å². The second kappa shape index (κ2) is 7.71. The van der Waals surface area contributed by atoms with E-state index in [0.29, 0.717) is 20.8 Å². The molecule has 2 saturated heterocycles. The molecule has 28 heavy (non-hydrogen) atoms. The van der Waals surface area contributed by atoms with Crippen molar-refractivity contribution in [3.63, 3.8) is 0 Å². The molecular weight excluding hydrogens is 439 g/mol. The molecule has 0 unspecified atom stereocenters. The van der Waals surface area contributed by atoms with E-state index in [2.05, 4.69) is 4.99 Å². The number of carbonyl (C=O) groups excluding carboxylic acids is 1. The second-order valence-corrected chi connectivity index (χ2v) is 10.9. The van der Waals surface area contributed by atoms with Gasteiger partial charge >= 0.3 is 0 Å². The maximum absolute atomic E-state index is 12.6. The minimum Gasteiger partial charge on any atom is -0.316 e. The van der Waals surface area contributed by atoms with Gasteiger partial charge in [-0.2, -0.15) is 4.99 Å². The highest BCUT2D eigenvalue weighted by Crippen LogP contribution is 2.41. The van der Waals surface area contributed by atoms with Crippen LogP contribution in [0.3, 0.4) is 0 Å². The fourth-order valence-corrected chi connectivity index (χ4v) is 7.68. The lowest BCUT2D eigenvalue weighted by Crippen LogP contribution is -2.37. The Balaban J connectivity index is 1.65. The summed E-state index contributed by atoms with van der Waals surface area (Å²) in [6, 6.07) is 14.0. The third-order valence-corrected chi connectivity index (χ3v) is 8.52. The number of fused-ring (bicyclic) bond motifs is 1. The van der Waals surface area contributed by atoms with E-state index in [0.717, 1.165) is 5.69 Å². The average Bonchev–Trinajstić information content (AvgIpc) is 3.09. The number of anilines is 1. The van der Waals surface area contributed by atoms with Crippen LogP contribution in [0, 0.1) is 0 Å². The van der Waals surface area contributed by atoms with Crippen molar-refractivity contribution in [3.8, 4) is 0 Å². The van der Waals surface area contributed by atoms with E-state index < -0.39 is 9.84 Å². The highest BCUT2D eigenvalue weighted by atomic mass is 35.5. The number of aliphatic imine (C=N–C) groups is 1. The van der Waals surface area contributed by atoms with E-state index in [4.69, 9.17) is 23.2 Å². The number of thioether (sulfide) groups is 1. The first-order chi connectivity index (χ1) is 13.3. The van der Waals surface area contributed by atoms with Gasteiger partial charge in [0.1, 0.15) is 0 Å². The van der Waals surface area contributed by atoms with Gasteiger partial charge in [-0.1, -0.05) is 53.2 Å². The molecule has 146 valence electrons. The average molecular weight is 455 g/mol. The van der Waals surface area contributed by atoms with Crippen molar-refractivity contribution < 1.29 is 13.2 Å². The van der Waals surface area contributed by atoms with Crippen LogP contribution in [0.1, 0.15) is 5.56 Å².